The van der Waals surface area contributed by atoms with Gasteiger partial charge in [-0.3, -0.25) is 0 Å². The Balaban J connectivity index is 2.75. The fourth-order valence-electron chi connectivity index (χ4n) is 1.48. The van der Waals surface area contributed by atoms with E-state index in [2.05, 4.69) is 0 Å². The van der Waals surface area contributed by atoms with E-state index in [4.69, 9.17) is 10.8 Å². The molecule has 0 amide bonds. The molecule has 0 bridgehead atoms. The van der Waals surface area contributed by atoms with Crippen LogP contribution in [-0.2, 0) is 9.84 Å². The first-order valence-electron chi connectivity index (χ1n) is 4.01. The molecule has 0 aliphatic carbocycles. The maximum atomic E-state index is 11.5. The molecule has 1 aromatic carbocycles. The van der Waals surface area contributed by atoms with Gasteiger partial charge in [-0.15, -0.1) is 0 Å². The van der Waals surface area contributed by atoms with Crippen LogP contribution in [0.15, 0.2) is 28.5 Å². The van der Waals surface area contributed by atoms with Crippen molar-refractivity contribution in [1.82, 2.24) is 0 Å². The predicted molar refractivity (Wildman–Crippen MR) is 53.1 cm³/mol. The van der Waals surface area contributed by atoms with Crippen LogP contribution in [0.3, 0.4) is 0 Å². The standard InChI is InChI=1S/C9H9NO3S/c10-7-1-2-9-8(3-7)6(4-11)5-14(9,12)13/h1-3,5,11H,4,10H2. The molecule has 0 spiro atoms. The number of fused-ring (bicyclic) bond motifs is 1. The molecule has 0 atom stereocenters. The van der Waals surface area contributed by atoms with Gasteiger partial charge in [0.1, 0.15) is 0 Å². The third-order valence-electron chi connectivity index (χ3n) is 2.12. The lowest BCUT2D eigenvalue weighted by molar-refractivity contribution is 0.350. The number of sulfone groups is 1. The lowest BCUT2D eigenvalue weighted by atomic mass is 10.1. The summed E-state index contributed by atoms with van der Waals surface area (Å²) in [6.45, 7) is -0.296. The Morgan fingerprint density at radius 2 is 2.07 bits per heavy atom. The fraction of sp³-hybridized carbons (Fsp3) is 0.111. The lowest BCUT2D eigenvalue weighted by Gasteiger charge is -2.02. The number of aliphatic hydroxyl groups is 1. The summed E-state index contributed by atoms with van der Waals surface area (Å²) in [6.07, 6.45) is 0. The van der Waals surface area contributed by atoms with E-state index in [0.29, 0.717) is 16.8 Å². The van der Waals surface area contributed by atoms with Crippen molar-refractivity contribution in [2.45, 2.75) is 4.90 Å². The molecule has 14 heavy (non-hydrogen) atoms. The second-order valence-corrected chi connectivity index (χ2v) is 4.87. The zero-order valence-corrected chi connectivity index (χ0v) is 8.08. The molecule has 1 aliphatic heterocycles. The molecule has 5 heteroatoms. The number of benzene rings is 1. The SMILES string of the molecule is Nc1ccc2c(c1)C(CO)=CS2(=O)=O. The third-order valence-corrected chi connectivity index (χ3v) is 3.69. The molecule has 1 aliphatic rings. The van der Waals surface area contributed by atoms with Crippen LogP contribution in [-0.4, -0.2) is 20.1 Å². The molecule has 0 radical (unpaired) electrons. The topological polar surface area (TPSA) is 80.4 Å². The highest BCUT2D eigenvalue weighted by Crippen LogP contribution is 2.33. The molecule has 2 rings (SSSR count). The second-order valence-electron chi connectivity index (χ2n) is 3.10. The average molecular weight is 211 g/mol. The van der Waals surface area contributed by atoms with Crippen LogP contribution in [0.25, 0.3) is 5.57 Å². The van der Waals surface area contributed by atoms with Crippen molar-refractivity contribution in [2.75, 3.05) is 12.3 Å². The van der Waals surface area contributed by atoms with E-state index in [1.54, 1.807) is 6.07 Å². The number of anilines is 1. The van der Waals surface area contributed by atoms with E-state index in [-0.39, 0.29) is 11.5 Å². The van der Waals surface area contributed by atoms with E-state index in [1.165, 1.54) is 12.1 Å². The van der Waals surface area contributed by atoms with Crippen molar-refractivity contribution < 1.29 is 13.5 Å². The maximum Gasteiger partial charge on any atom is 0.200 e. The molecule has 1 heterocycles. The van der Waals surface area contributed by atoms with Crippen molar-refractivity contribution in [3.63, 3.8) is 0 Å². The minimum absolute atomic E-state index is 0.218. The van der Waals surface area contributed by atoms with Gasteiger partial charge < -0.3 is 10.8 Å². The summed E-state index contributed by atoms with van der Waals surface area (Å²) in [5.74, 6) is 0. The number of rotatable bonds is 1. The van der Waals surface area contributed by atoms with Crippen molar-refractivity contribution in [3.05, 3.63) is 29.2 Å². The zero-order valence-electron chi connectivity index (χ0n) is 7.27. The van der Waals surface area contributed by atoms with Crippen LogP contribution in [0, 0.1) is 0 Å². The molecule has 4 nitrogen and oxygen atoms in total. The Morgan fingerprint density at radius 1 is 1.36 bits per heavy atom. The Bertz CT molecular complexity index is 517. The summed E-state index contributed by atoms with van der Waals surface area (Å²) in [5, 5.41) is 10.0. The van der Waals surface area contributed by atoms with Gasteiger partial charge in [0, 0.05) is 16.7 Å². The van der Waals surface area contributed by atoms with Crippen LogP contribution in [0.2, 0.25) is 0 Å². The van der Waals surface area contributed by atoms with Gasteiger partial charge in [-0.2, -0.15) is 0 Å². The van der Waals surface area contributed by atoms with Gasteiger partial charge in [0.2, 0.25) is 9.84 Å². The maximum absolute atomic E-state index is 11.5. The monoisotopic (exact) mass is 211 g/mol. The molecular formula is C9H9NO3S. The minimum Gasteiger partial charge on any atom is -0.399 e. The Hall–Kier alpha value is -1.33. The third kappa shape index (κ3) is 1.21. The van der Waals surface area contributed by atoms with Crippen LogP contribution >= 0.6 is 0 Å². The van der Waals surface area contributed by atoms with E-state index in [9.17, 15) is 8.42 Å². The molecule has 3 N–H and O–H groups in total. The van der Waals surface area contributed by atoms with Crippen molar-refractivity contribution in [2.24, 2.45) is 0 Å². The van der Waals surface area contributed by atoms with Gasteiger partial charge in [-0.1, -0.05) is 0 Å². The van der Waals surface area contributed by atoms with E-state index < -0.39 is 9.84 Å². The van der Waals surface area contributed by atoms with Crippen LogP contribution in [0.1, 0.15) is 5.56 Å². The summed E-state index contributed by atoms with van der Waals surface area (Å²) < 4.78 is 23.0. The average Bonchev–Trinajstić information content (AvgIpc) is 2.37. The van der Waals surface area contributed by atoms with Crippen LogP contribution in [0.5, 0.6) is 0 Å². The summed E-state index contributed by atoms with van der Waals surface area (Å²) in [5.41, 5.74) is 6.92. The number of aliphatic hydroxyl groups excluding tert-OH is 1. The van der Waals surface area contributed by atoms with Gasteiger partial charge >= 0.3 is 0 Å². The molecule has 0 saturated heterocycles. The minimum atomic E-state index is -3.36. The number of nitrogens with two attached hydrogens (primary N) is 1. The first-order chi connectivity index (χ1) is 6.54. The quantitative estimate of drug-likeness (QED) is 0.658. The van der Waals surface area contributed by atoms with Gasteiger partial charge in [-0.05, 0) is 23.8 Å². The predicted octanol–water partition coefficient (Wildman–Crippen LogP) is 0.389. The highest BCUT2D eigenvalue weighted by molar-refractivity contribution is 7.95. The molecule has 0 fully saturated rings. The van der Waals surface area contributed by atoms with Gasteiger partial charge in [0.25, 0.3) is 0 Å². The van der Waals surface area contributed by atoms with Gasteiger partial charge in [-0.25, -0.2) is 8.42 Å². The first kappa shape index (κ1) is 9.23. The highest BCUT2D eigenvalue weighted by Gasteiger charge is 2.26. The molecule has 0 saturated carbocycles. The summed E-state index contributed by atoms with van der Waals surface area (Å²) in [7, 11) is -3.36. The number of hydrogen-bond donors (Lipinski definition) is 2. The number of hydrogen-bond acceptors (Lipinski definition) is 4. The van der Waals surface area contributed by atoms with Crippen molar-refractivity contribution in [1.29, 1.82) is 0 Å². The Morgan fingerprint density at radius 3 is 2.71 bits per heavy atom. The number of nitrogen functional groups attached to an aromatic ring is 1. The van der Waals surface area contributed by atoms with Crippen LogP contribution < -0.4 is 5.73 Å². The van der Waals surface area contributed by atoms with Gasteiger partial charge in [0.15, 0.2) is 0 Å². The molecule has 1 aromatic rings. The van der Waals surface area contributed by atoms with Gasteiger partial charge in [0.05, 0.1) is 11.5 Å². The highest BCUT2D eigenvalue weighted by atomic mass is 32.2. The first-order valence-corrected chi connectivity index (χ1v) is 5.55. The zero-order chi connectivity index (χ0) is 10.3. The molecule has 0 aromatic heterocycles. The van der Waals surface area contributed by atoms with Crippen LogP contribution in [0.4, 0.5) is 5.69 Å². The lowest BCUT2D eigenvalue weighted by Crippen LogP contribution is -1.95. The normalized spacial score (nSPS) is 17.6. The summed E-state index contributed by atoms with van der Waals surface area (Å²) in [6, 6.07) is 4.55. The Labute approximate surface area is 81.6 Å². The molecule has 74 valence electrons. The van der Waals surface area contributed by atoms with E-state index >= 15 is 0 Å². The molecular weight excluding hydrogens is 202 g/mol. The summed E-state index contributed by atoms with van der Waals surface area (Å²) >= 11 is 0. The fourth-order valence-corrected chi connectivity index (χ4v) is 2.94. The van der Waals surface area contributed by atoms with Crippen molar-refractivity contribution >= 4 is 21.1 Å². The largest absolute Gasteiger partial charge is 0.399 e. The molecule has 0 unspecified atom stereocenters. The van der Waals surface area contributed by atoms with E-state index in [0.717, 1.165) is 5.41 Å². The Kier molecular flexibility index (Phi) is 1.87. The second kappa shape index (κ2) is 2.83. The smallest absolute Gasteiger partial charge is 0.200 e. The summed E-state index contributed by atoms with van der Waals surface area (Å²) in [4.78, 5) is 0.218. The van der Waals surface area contributed by atoms with Crippen molar-refractivity contribution in [3.8, 4) is 0 Å². The van der Waals surface area contributed by atoms with E-state index in [1.807, 2.05) is 0 Å².